The van der Waals surface area contributed by atoms with Gasteiger partial charge in [0.15, 0.2) is 0 Å². The molecule has 0 saturated heterocycles. The van der Waals surface area contributed by atoms with E-state index in [1.807, 2.05) is 20.8 Å². The molecule has 0 aliphatic rings. The molecule has 0 aliphatic heterocycles. The Morgan fingerprint density at radius 3 is 2.03 bits per heavy atom. The molecule has 0 radical (unpaired) electrons. The third-order valence-corrected chi connectivity index (χ3v) is 6.80. The number of carbonyl (C=O) groups is 2. The lowest BCUT2D eigenvalue weighted by Gasteiger charge is -2.31. The molecule has 2 amide bonds. The SMILES string of the molecule is CC[C@@H](C(=O)NCC(C)C)N(Cc1ccc(F)cc1)C(=O)CCCN(c1ccc(F)cc1)S(C)(=O)=O. The zero-order valence-electron chi connectivity index (χ0n) is 21.2. The number of hydrogen-bond donors (Lipinski definition) is 1. The van der Waals surface area contributed by atoms with Crippen LogP contribution in [0.2, 0.25) is 0 Å². The van der Waals surface area contributed by atoms with Gasteiger partial charge in [0.1, 0.15) is 17.7 Å². The molecule has 1 N–H and O–H groups in total. The molecule has 0 spiro atoms. The fraction of sp³-hybridized carbons (Fsp3) is 0.462. The van der Waals surface area contributed by atoms with Crippen molar-refractivity contribution in [3.8, 4) is 0 Å². The van der Waals surface area contributed by atoms with E-state index in [9.17, 15) is 26.8 Å². The van der Waals surface area contributed by atoms with Gasteiger partial charge in [0.05, 0.1) is 11.9 Å². The Hall–Kier alpha value is -3.01. The van der Waals surface area contributed by atoms with E-state index in [1.54, 1.807) is 12.1 Å². The average Bonchev–Trinajstić information content (AvgIpc) is 2.81. The van der Waals surface area contributed by atoms with Crippen LogP contribution < -0.4 is 9.62 Å². The van der Waals surface area contributed by atoms with Crippen molar-refractivity contribution >= 4 is 27.5 Å². The molecule has 2 aromatic rings. The summed E-state index contributed by atoms with van der Waals surface area (Å²) in [5.74, 6) is -1.24. The van der Waals surface area contributed by atoms with E-state index < -0.39 is 27.7 Å². The summed E-state index contributed by atoms with van der Waals surface area (Å²) < 4.78 is 52.4. The van der Waals surface area contributed by atoms with Gasteiger partial charge in [-0.3, -0.25) is 13.9 Å². The largest absolute Gasteiger partial charge is 0.354 e. The summed E-state index contributed by atoms with van der Waals surface area (Å²) in [5, 5.41) is 2.87. The standard InChI is InChI=1S/C26H35F2N3O4S/c1-5-24(26(33)29-17-19(2)3)30(18-20-8-10-21(27)11-9-20)25(32)7-6-16-31(36(4,34)35)23-14-12-22(28)13-15-23/h8-15,19,24H,5-7,16-18H2,1-4H3,(H,29,33)/t24-/m0/s1. The molecule has 0 bridgehead atoms. The van der Waals surface area contributed by atoms with Crippen molar-refractivity contribution in [2.75, 3.05) is 23.7 Å². The summed E-state index contributed by atoms with van der Waals surface area (Å²) in [6.45, 7) is 6.34. The summed E-state index contributed by atoms with van der Waals surface area (Å²) in [4.78, 5) is 27.7. The molecule has 1 atom stereocenters. The van der Waals surface area contributed by atoms with Gasteiger partial charge >= 0.3 is 0 Å². The van der Waals surface area contributed by atoms with E-state index in [1.165, 1.54) is 41.3 Å². The van der Waals surface area contributed by atoms with Crippen molar-refractivity contribution in [1.29, 1.82) is 0 Å². The minimum absolute atomic E-state index is 0.0108. The molecule has 10 heteroatoms. The van der Waals surface area contributed by atoms with E-state index in [2.05, 4.69) is 5.32 Å². The number of hydrogen-bond acceptors (Lipinski definition) is 4. The van der Waals surface area contributed by atoms with Crippen molar-refractivity contribution in [2.45, 2.75) is 52.6 Å². The number of rotatable bonds is 13. The Labute approximate surface area is 212 Å². The smallest absolute Gasteiger partial charge is 0.242 e. The Balaban J connectivity index is 2.19. The average molecular weight is 524 g/mol. The van der Waals surface area contributed by atoms with Crippen LogP contribution in [0.15, 0.2) is 48.5 Å². The van der Waals surface area contributed by atoms with Gasteiger partial charge in [-0.2, -0.15) is 0 Å². The maximum Gasteiger partial charge on any atom is 0.242 e. The van der Waals surface area contributed by atoms with Crippen molar-refractivity contribution in [1.82, 2.24) is 10.2 Å². The van der Waals surface area contributed by atoms with E-state index in [0.29, 0.717) is 24.2 Å². The van der Waals surface area contributed by atoms with Gasteiger partial charge in [0, 0.05) is 26.1 Å². The zero-order valence-corrected chi connectivity index (χ0v) is 22.0. The first-order valence-corrected chi connectivity index (χ1v) is 13.8. The van der Waals surface area contributed by atoms with E-state index in [4.69, 9.17) is 0 Å². The van der Waals surface area contributed by atoms with Gasteiger partial charge in [-0.05, 0) is 60.7 Å². The summed E-state index contributed by atoms with van der Waals surface area (Å²) in [6, 6.07) is 10.1. The predicted molar refractivity (Wildman–Crippen MR) is 137 cm³/mol. The first-order chi connectivity index (χ1) is 16.9. The van der Waals surface area contributed by atoms with Crippen LogP contribution in [-0.2, 0) is 26.2 Å². The molecule has 0 fully saturated rings. The monoisotopic (exact) mass is 523 g/mol. The summed E-state index contributed by atoms with van der Waals surface area (Å²) >= 11 is 0. The highest BCUT2D eigenvalue weighted by Crippen LogP contribution is 2.20. The Morgan fingerprint density at radius 1 is 0.972 bits per heavy atom. The van der Waals surface area contributed by atoms with Gasteiger partial charge in [-0.15, -0.1) is 0 Å². The maximum absolute atomic E-state index is 13.4. The first-order valence-electron chi connectivity index (χ1n) is 12.0. The van der Waals surface area contributed by atoms with Crippen molar-refractivity contribution in [3.63, 3.8) is 0 Å². The fourth-order valence-electron chi connectivity index (χ4n) is 3.74. The van der Waals surface area contributed by atoms with Crippen LogP contribution >= 0.6 is 0 Å². The number of anilines is 1. The first kappa shape index (κ1) is 29.2. The van der Waals surface area contributed by atoms with Crippen LogP contribution in [0, 0.1) is 17.6 Å². The lowest BCUT2D eigenvalue weighted by atomic mass is 10.1. The maximum atomic E-state index is 13.4. The molecule has 7 nitrogen and oxygen atoms in total. The summed E-state index contributed by atoms with van der Waals surface area (Å²) in [6.07, 6.45) is 1.60. The number of nitrogens with zero attached hydrogens (tertiary/aromatic N) is 2. The Bertz CT molecular complexity index is 1110. The minimum atomic E-state index is -3.67. The van der Waals surface area contributed by atoms with Gasteiger partial charge in [-0.1, -0.05) is 32.9 Å². The number of carbonyl (C=O) groups excluding carboxylic acids is 2. The van der Waals surface area contributed by atoms with E-state index >= 15 is 0 Å². The second-order valence-corrected chi connectivity index (χ2v) is 11.0. The highest BCUT2D eigenvalue weighted by molar-refractivity contribution is 7.92. The Kier molecular flexibility index (Phi) is 10.8. The third-order valence-electron chi connectivity index (χ3n) is 5.60. The molecule has 36 heavy (non-hydrogen) atoms. The molecule has 2 rings (SSSR count). The predicted octanol–water partition coefficient (Wildman–Crippen LogP) is 4.09. The van der Waals surface area contributed by atoms with Gasteiger partial charge in [0.25, 0.3) is 0 Å². The van der Waals surface area contributed by atoms with Crippen molar-refractivity contribution in [3.05, 3.63) is 65.7 Å². The highest BCUT2D eigenvalue weighted by Gasteiger charge is 2.29. The lowest BCUT2D eigenvalue weighted by molar-refractivity contribution is -0.141. The zero-order chi connectivity index (χ0) is 26.9. The molecule has 0 heterocycles. The second-order valence-electron chi connectivity index (χ2n) is 9.13. The van der Waals surface area contributed by atoms with Crippen molar-refractivity contribution in [2.24, 2.45) is 5.92 Å². The minimum Gasteiger partial charge on any atom is -0.354 e. The molecule has 2 aromatic carbocycles. The summed E-state index contributed by atoms with van der Waals surface area (Å²) in [5.41, 5.74) is 0.970. The van der Waals surface area contributed by atoms with E-state index in [0.717, 1.165) is 10.6 Å². The number of halogens is 2. The van der Waals surface area contributed by atoms with Crippen LogP contribution in [0.25, 0.3) is 0 Å². The highest BCUT2D eigenvalue weighted by atomic mass is 32.2. The normalized spacial score (nSPS) is 12.3. The molecular weight excluding hydrogens is 488 g/mol. The topological polar surface area (TPSA) is 86.8 Å². The van der Waals surface area contributed by atoms with Crippen LogP contribution in [-0.4, -0.2) is 50.5 Å². The molecular formula is C26H35F2N3O4S. The Morgan fingerprint density at radius 2 is 1.53 bits per heavy atom. The number of amides is 2. The van der Waals surface area contributed by atoms with Crippen LogP contribution in [0.3, 0.4) is 0 Å². The number of nitrogens with one attached hydrogen (secondary N) is 1. The number of benzene rings is 2. The number of sulfonamides is 1. The van der Waals surface area contributed by atoms with Crippen LogP contribution in [0.1, 0.15) is 45.6 Å². The van der Waals surface area contributed by atoms with Gasteiger partial charge in [-0.25, -0.2) is 17.2 Å². The molecule has 0 saturated carbocycles. The lowest BCUT2D eigenvalue weighted by Crippen LogP contribution is -2.49. The molecule has 0 unspecified atom stereocenters. The molecule has 198 valence electrons. The van der Waals surface area contributed by atoms with Crippen LogP contribution in [0.5, 0.6) is 0 Å². The second kappa shape index (κ2) is 13.3. The third kappa shape index (κ3) is 8.89. The fourth-order valence-corrected chi connectivity index (χ4v) is 4.71. The van der Waals surface area contributed by atoms with Gasteiger partial charge < -0.3 is 10.2 Å². The van der Waals surface area contributed by atoms with Gasteiger partial charge in [0.2, 0.25) is 21.8 Å². The van der Waals surface area contributed by atoms with E-state index in [-0.39, 0.29) is 43.7 Å². The van der Waals surface area contributed by atoms with Crippen LogP contribution in [0.4, 0.5) is 14.5 Å². The molecule has 0 aliphatic carbocycles. The molecule has 0 aromatic heterocycles. The van der Waals surface area contributed by atoms with Crippen molar-refractivity contribution < 1.29 is 26.8 Å². The quantitative estimate of drug-likeness (QED) is 0.429. The summed E-state index contributed by atoms with van der Waals surface area (Å²) in [7, 11) is -3.67.